The molecule has 0 saturated carbocycles. The van der Waals surface area contributed by atoms with Crippen molar-refractivity contribution in [2.45, 2.75) is 13.0 Å². The zero-order valence-electron chi connectivity index (χ0n) is 12.4. The van der Waals surface area contributed by atoms with Crippen molar-refractivity contribution in [1.82, 2.24) is 4.98 Å². The van der Waals surface area contributed by atoms with Crippen LogP contribution in [0.15, 0.2) is 60.9 Å². The van der Waals surface area contributed by atoms with Crippen LogP contribution in [0.2, 0.25) is 5.02 Å². The number of pyridine rings is 1. The first-order valence-electron chi connectivity index (χ1n) is 7.09. The lowest BCUT2D eigenvalue weighted by Gasteiger charge is -2.14. The highest BCUT2D eigenvalue weighted by molar-refractivity contribution is 6.30. The SMILES string of the molecule is CC(Oc1cccc(Cl)c1)C(=O)Oc1ccc2ccncc2c1. The van der Waals surface area contributed by atoms with Crippen LogP contribution in [-0.4, -0.2) is 17.1 Å². The third-order valence-electron chi connectivity index (χ3n) is 3.27. The van der Waals surface area contributed by atoms with Gasteiger partial charge in [0.15, 0.2) is 6.10 Å². The standard InChI is InChI=1S/C18H14ClNO3/c1-12(22-16-4-2-3-15(19)10-16)18(21)23-17-6-5-13-7-8-20-11-14(13)9-17/h2-12H,1H3. The Morgan fingerprint density at radius 1 is 1.09 bits per heavy atom. The third kappa shape index (κ3) is 3.79. The summed E-state index contributed by atoms with van der Waals surface area (Å²) in [6, 6.07) is 14.2. The summed E-state index contributed by atoms with van der Waals surface area (Å²) in [4.78, 5) is 16.2. The van der Waals surface area contributed by atoms with Crippen LogP contribution in [0.25, 0.3) is 10.8 Å². The molecule has 0 aliphatic heterocycles. The number of carbonyl (C=O) groups excluding carboxylic acids is 1. The smallest absolute Gasteiger partial charge is 0.352 e. The molecule has 0 saturated heterocycles. The van der Waals surface area contributed by atoms with Crippen molar-refractivity contribution >= 4 is 28.3 Å². The number of aromatic nitrogens is 1. The van der Waals surface area contributed by atoms with E-state index in [1.54, 1.807) is 55.7 Å². The first-order chi connectivity index (χ1) is 11.1. The van der Waals surface area contributed by atoms with E-state index in [9.17, 15) is 4.79 Å². The Hall–Kier alpha value is -2.59. The molecule has 1 heterocycles. The molecule has 1 atom stereocenters. The van der Waals surface area contributed by atoms with Crippen molar-refractivity contribution in [1.29, 1.82) is 0 Å². The summed E-state index contributed by atoms with van der Waals surface area (Å²) in [5.74, 6) is 0.495. The van der Waals surface area contributed by atoms with Crippen LogP contribution in [0.1, 0.15) is 6.92 Å². The van der Waals surface area contributed by atoms with Crippen molar-refractivity contribution < 1.29 is 14.3 Å². The second-order valence-corrected chi connectivity index (χ2v) is 5.46. The van der Waals surface area contributed by atoms with E-state index in [-0.39, 0.29) is 0 Å². The molecule has 2 aromatic carbocycles. The molecule has 0 amide bonds. The molecule has 0 fully saturated rings. The molecule has 4 nitrogen and oxygen atoms in total. The first-order valence-corrected chi connectivity index (χ1v) is 7.47. The normalized spacial score (nSPS) is 11.9. The van der Waals surface area contributed by atoms with E-state index in [0.717, 1.165) is 10.8 Å². The van der Waals surface area contributed by atoms with Crippen LogP contribution in [0, 0.1) is 0 Å². The third-order valence-corrected chi connectivity index (χ3v) is 3.51. The zero-order chi connectivity index (χ0) is 16.2. The highest BCUT2D eigenvalue weighted by atomic mass is 35.5. The number of fused-ring (bicyclic) bond motifs is 1. The van der Waals surface area contributed by atoms with Gasteiger partial charge in [-0.3, -0.25) is 4.98 Å². The van der Waals surface area contributed by atoms with Gasteiger partial charge in [0.05, 0.1) is 0 Å². The molecule has 3 aromatic rings. The Morgan fingerprint density at radius 2 is 1.96 bits per heavy atom. The lowest BCUT2D eigenvalue weighted by Crippen LogP contribution is -2.28. The number of hydrogen-bond acceptors (Lipinski definition) is 4. The number of carbonyl (C=O) groups is 1. The number of esters is 1. The maximum Gasteiger partial charge on any atom is 0.352 e. The van der Waals surface area contributed by atoms with Gasteiger partial charge in [-0.1, -0.05) is 23.7 Å². The number of halogens is 1. The van der Waals surface area contributed by atoms with Gasteiger partial charge in [-0.2, -0.15) is 0 Å². The van der Waals surface area contributed by atoms with E-state index in [2.05, 4.69) is 4.98 Å². The monoisotopic (exact) mass is 327 g/mol. The molecule has 0 bridgehead atoms. The molecule has 0 aliphatic carbocycles. The Morgan fingerprint density at radius 3 is 2.78 bits per heavy atom. The fraction of sp³-hybridized carbons (Fsp3) is 0.111. The fourth-order valence-corrected chi connectivity index (χ4v) is 2.30. The molecule has 0 radical (unpaired) electrons. The fourth-order valence-electron chi connectivity index (χ4n) is 2.12. The van der Waals surface area contributed by atoms with Gasteiger partial charge in [0.2, 0.25) is 0 Å². The number of nitrogens with zero attached hydrogens (tertiary/aromatic N) is 1. The molecular weight excluding hydrogens is 314 g/mol. The number of hydrogen-bond donors (Lipinski definition) is 0. The Bertz CT molecular complexity index is 850. The summed E-state index contributed by atoms with van der Waals surface area (Å²) in [5, 5.41) is 2.48. The van der Waals surface area contributed by atoms with E-state index in [1.807, 2.05) is 12.1 Å². The Labute approximate surface area is 138 Å². The van der Waals surface area contributed by atoms with Crippen molar-refractivity contribution in [2.75, 3.05) is 0 Å². The van der Waals surface area contributed by atoms with Crippen LogP contribution >= 0.6 is 11.6 Å². The first kappa shape index (κ1) is 15.3. The maximum atomic E-state index is 12.1. The van der Waals surface area contributed by atoms with Crippen molar-refractivity contribution in [3.05, 3.63) is 65.9 Å². The average molecular weight is 328 g/mol. The van der Waals surface area contributed by atoms with Crippen molar-refractivity contribution in [2.24, 2.45) is 0 Å². The Kier molecular flexibility index (Phi) is 4.44. The van der Waals surface area contributed by atoms with Gasteiger partial charge in [0.1, 0.15) is 11.5 Å². The number of rotatable bonds is 4. The van der Waals surface area contributed by atoms with E-state index in [1.165, 1.54) is 0 Å². The van der Waals surface area contributed by atoms with E-state index < -0.39 is 12.1 Å². The minimum atomic E-state index is -0.752. The van der Waals surface area contributed by atoms with E-state index >= 15 is 0 Å². The second kappa shape index (κ2) is 6.67. The van der Waals surface area contributed by atoms with Crippen LogP contribution in [-0.2, 0) is 4.79 Å². The van der Waals surface area contributed by atoms with Gasteiger partial charge >= 0.3 is 5.97 Å². The lowest BCUT2D eigenvalue weighted by molar-refractivity contribution is -0.141. The quantitative estimate of drug-likeness (QED) is 0.530. The minimum Gasteiger partial charge on any atom is -0.479 e. The van der Waals surface area contributed by atoms with Gasteiger partial charge in [0, 0.05) is 22.8 Å². The van der Waals surface area contributed by atoms with Gasteiger partial charge in [-0.05, 0) is 48.7 Å². The lowest BCUT2D eigenvalue weighted by atomic mass is 10.2. The average Bonchev–Trinajstić information content (AvgIpc) is 2.54. The summed E-state index contributed by atoms with van der Waals surface area (Å²) < 4.78 is 10.9. The summed E-state index contributed by atoms with van der Waals surface area (Å²) >= 11 is 5.89. The zero-order valence-corrected chi connectivity index (χ0v) is 13.2. The van der Waals surface area contributed by atoms with E-state index in [0.29, 0.717) is 16.5 Å². The summed E-state index contributed by atoms with van der Waals surface area (Å²) in [5.41, 5.74) is 0. The molecule has 23 heavy (non-hydrogen) atoms. The molecule has 5 heteroatoms. The molecule has 0 N–H and O–H groups in total. The second-order valence-electron chi connectivity index (χ2n) is 5.02. The Balaban J connectivity index is 1.69. The van der Waals surface area contributed by atoms with Crippen LogP contribution < -0.4 is 9.47 Å². The number of ether oxygens (including phenoxy) is 2. The van der Waals surface area contributed by atoms with Gasteiger partial charge in [-0.25, -0.2) is 4.79 Å². The van der Waals surface area contributed by atoms with Gasteiger partial charge < -0.3 is 9.47 Å². The van der Waals surface area contributed by atoms with Crippen LogP contribution in [0.5, 0.6) is 11.5 Å². The molecular formula is C18H14ClNO3. The predicted octanol–water partition coefficient (Wildman–Crippen LogP) is 4.26. The molecule has 1 unspecified atom stereocenters. The minimum absolute atomic E-state index is 0.456. The van der Waals surface area contributed by atoms with Crippen LogP contribution in [0.4, 0.5) is 0 Å². The predicted molar refractivity (Wildman–Crippen MR) is 88.9 cm³/mol. The largest absolute Gasteiger partial charge is 0.479 e. The molecule has 0 aliphatic rings. The topological polar surface area (TPSA) is 48.4 Å². The van der Waals surface area contributed by atoms with Crippen molar-refractivity contribution in [3.8, 4) is 11.5 Å². The molecule has 116 valence electrons. The maximum absolute atomic E-state index is 12.1. The molecule has 0 spiro atoms. The van der Waals surface area contributed by atoms with Gasteiger partial charge in [0.25, 0.3) is 0 Å². The van der Waals surface area contributed by atoms with E-state index in [4.69, 9.17) is 21.1 Å². The summed E-state index contributed by atoms with van der Waals surface area (Å²) in [7, 11) is 0. The highest BCUT2D eigenvalue weighted by Gasteiger charge is 2.17. The van der Waals surface area contributed by atoms with Crippen molar-refractivity contribution in [3.63, 3.8) is 0 Å². The summed E-state index contributed by atoms with van der Waals surface area (Å²) in [6.07, 6.45) is 2.69. The molecule has 1 aromatic heterocycles. The highest BCUT2D eigenvalue weighted by Crippen LogP contribution is 2.21. The van der Waals surface area contributed by atoms with Gasteiger partial charge in [-0.15, -0.1) is 0 Å². The van der Waals surface area contributed by atoms with Crippen LogP contribution in [0.3, 0.4) is 0 Å². The molecule has 3 rings (SSSR count). The number of benzene rings is 2. The summed E-state index contributed by atoms with van der Waals surface area (Å²) in [6.45, 7) is 1.63.